The SMILES string of the molecule is CC1(Nc2cc3c(cc2F)CS(=O)(=O)N3)C(F)=CN=C(Nc2ccccc2)N1S(N)(=O)=O. The zero-order chi connectivity index (χ0) is 23.3. The van der Waals surface area contributed by atoms with Crippen LogP contribution in [0.3, 0.4) is 0 Å². The van der Waals surface area contributed by atoms with Gasteiger partial charge in [0.2, 0.25) is 16.0 Å². The number of benzene rings is 2. The minimum atomic E-state index is -4.64. The van der Waals surface area contributed by atoms with Gasteiger partial charge < -0.3 is 10.6 Å². The van der Waals surface area contributed by atoms with E-state index in [4.69, 9.17) is 5.14 Å². The number of guanidine groups is 1. The lowest BCUT2D eigenvalue weighted by molar-refractivity contribution is 0.312. The molecule has 0 fully saturated rings. The van der Waals surface area contributed by atoms with Crippen LogP contribution in [-0.2, 0) is 26.0 Å². The number of para-hydroxylation sites is 1. The van der Waals surface area contributed by atoms with Gasteiger partial charge in [0.25, 0.3) is 0 Å². The second-order valence-electron chi connectivity index (χ2n) is 7.28. The summed E-state index contributed by atoms with van der Waals surface area (Å²) in [5.74, 6) is -2.74. The highest BCUT2D eigenvalue weighted by atomic mass is 32.2. The molecule has 4 rings (SSSR count). The fourth-order valence-corrected chi connectivity index (χ4v) is 5.64. The molecule has 2 heterocycles. The van der Waals surface area contributed by atoms with Crippen LogP contribution in [-0.4, -0.2) is 32.8 Å². The molecule has 0 aromatic heterocycles. The van der Waals surface area contributed by atoms with Gasteiger partial charge in [0.05, 0.1) is 23.3 Å². The van der Waals surface area contributed by atoms with E-state index in [9.17, 15) is 21.2 Å². The molecule has 14 heteroatoms. The summed E-state index contributed by atoms with van der Waals surface area (Å²) in [6.45, 7) is 1.13. The Kier molecular flexibility index (Phi) is 5.10. The summed E-state index contributed by atoms with van der Waals surface area (Å²) in [6, 6.07) is 10.4. The first-order valence-electron chi connectivity index (χ1n) is 9.09. The van der Waals surface area contributed by atoms with E-state index in [1.54, 1.807) is 30.3 Å². The fraction of sp³-hybridized carbons (Fsp3) is 0.167. The second kappa shape index (κ2) is 7.43. The molecule has 2 aromatic carbocycles. The maximum absolute atomic E-state index is 15.0. The van der Waals surface area contributed by atoms with E-state index in [1.165, 1.54) is 0 Å². The van der Waals surface area contributed by atoms with Gasteiger partial charge in [-0.2, -0.15) is 12.7 Å². The van der Waals surface area contributed by atoms with Crippen molar-refractivity contribution in [1.82, 2.24) is 4.31 Å². The van der Waals surface area contributed by atoms with E-state index < -0.39 is 43.3 Å². The molecule has 2 aliphatic rings. The Morgan fingerprint density at radius 3 is 2.56 bits per heavy atom. The number of nitrogens with one attached hydrogen (secondary N) is 3. The molecule has 0 saturated heterocycles. The molecule has 1 atom stereocenters. The Morgan fingerprint density at radius 2 is 1.91 bits per heavy atom. The summed E-state index contributed by atoms with van der Waals surface area (Å²) in [4.78, 5) is 3.80. The highest BCUT2D eigenvalue weighted by Crippen LogP contribution is 2.37. The Bertz CT molecular complexity index is 1360. The van der Waals surface area contributed by atoms with Gasteiger partial charge in [-0.25, -0.2) is 27.3 Å². The number of anilines is 3. The molecular weight excluding hydrogens is 466 g/mol. The van der Waals surface area contributed by atoms with E-state index in [2.05, 4.69) is 20.3 Å². The molecule has 2 aliphatic heterocycles. The van der Waals surface area contributed by atoms with Gasteiger partial charge in [-0.15, -0.1) is 0 Å². The number of rotatable bonds is 4. The van der Waals surface area contributed by atoms with Crippen molar-refractivity contribution in [3.8, 4) is 0 Å². The highest BCUT2D eigenvalue weighted by molar-refractivity contribution is 7.92. The number of hydrogen-bond acceptors (Lipinski definition) is 7. The predicted octanol–water partition coefficient (Wildman–Crippen LogP) is 2.01. The number of fused-ring (bicyclic) bond motifs is 1. The van der Waals surface area contributed by atoms with Gasteiger partial charge in [-0.3, -0.25) is 4.72 Å². The first-order chi connectivity index (χ1) is 14.9. The number of hydrogen-bond donors (Lipinski definition) is 4. The number of sulfonamides is 1. The molecule has 0 bridgehead atoms. The summed E-state index contributed by atoms with van der Waals surface area (Å²) in [6.07, 6.45) is 0.772. The molecule has 0 saturated carbocycles. The third kappa shape index (κ3) is 3.99. The molecule has 170 valence electrons. The largest absolute Gasteiger partial charge is 0.354 e. The quantitative estimate of drug-likeness (QED) is 0.522. The molecule has 1 unspecified atom stereocenters. The average molecular weight is 485 g/mol. The van der Waals surface area contributed by atoms with Gasteiger partial charge in [0.1, 0.15) is 5.82 Å². The van der Waals surface area contributed by atoms with Crippen LogP contribution in [0.15, 0.2) is 59.5 Å². The third-order valence-corrected chi connectivity index (χ3v) is 7.10. The summed E-state index contributed by atoms with van der Waals surface area (Å²) in [7, 11) is -8.30. The van der Waals surface area contributed by atoms with Crippen molar-refractivity contribution in [1.29, 1.82) is 0 Å². The number of nitrogens with two attached hydrogens (primary N) is 1. The van der Waals surface area contributed by atoms with Gasteiger partial charge in [-0.05, 0) is 36.8 Å². The van der Waals surface area contributed by atoms with Crippen molar-refractivity contribution in [2.24, 2.45) is 10.1 Å². The molecule has 2 aromatic rings. The van der Waals surface area contributed by atoms with Crippen LogP contribution >= 0.6 is 0 Å². The van der Waals surface area contributed by atoms with Crippen molar-refractivity contribution in [2.45, 2.75) is 18.3 Å². The van der Waals surface area contributed by atoms with E-state index in [-0.39, 0.29) is 22.9 Å². The Morgan fingerprint density at radius 1 is 1.22 bits per heavy atom. The average Bonchev–Trinajstić information content (AvgIpc) is 2.97. The molecule has 0 aliphatic carbocycles. The molecule has 0 spiro atoms. The third-order valence-electron chi connectivity index (χ3n) is 4.83. The maximum atomic E-state index is 15.0. The smallest absolute Gasteiger partial charge is 0.303 e. The molecule has 10 nitrogen and oxygen atoms in total. The van der Waals surface area contributed by atoms with Gasteiger partial charge in [0.15, 0.2) is 11.5 Å². The van der Waals surface area contributed by atoms with Crippen LogP contribution in [0.2, 0.25) is 0 Å². The van der Waals surface area contributed by atoms with Crippen LogP contribution in [0.25, 0.3) is 0 Å². The van der Waals surface area contributed by atoms with Crippen molar-refractivity contribution in [3.63, 3.8) is 0 Å². The van der Waals surface area contributed by atoms with E-state index in [0.29, 0.717) is 9.99 Å². The first kappa shape index (κ1) is 22.0. The first-order valence-corrected chi connectivity index (χ1v) is 12.2. The minimum absolute atomic E-state index is 0.0937. The normalized spacial score (nSPS) is 21.8. The Hall–Kier alpha value is -3.23. The topological polar surface area (TPSA) is 146 Å². The van der Waals surface area contributed by atoms with E-state index in [1.807, 2.05) is 0 Å². The lowest BCUT2D eigenvalue weighted by Crippen LogP contribution is -2.62. The van der Waals surface area contributed by atoms with Gasteiger partial charge >= 0.3 is 10.2 Å². The number of nitrogens with zero attached hydrogens (tertiary/aromatic N) is 2. The van der Waals surface area contributed by atoms with Crippen LogP contribution in [0.5, 0.6) is 0 Å². The monoisotopic (exact) mass is 484 g/mol. The van der Waals surface area contributed by atoms with Crippen LogP contribution in [0.4, 0.5) is 25.8 Å². The Balaban J connectivity index is 1.76. The maximum Gasteiger partial charge on any atom is 0.303 e. The number of halogens is 2. The molecule has 0 radical (unpaired) electrons. The van der Waals surface area contributed by atoms with Crippen LogP contribution < -0.4 is 20.5 Å². The Labute approximate surface area is 183 Å². The molecule has 5 N–H and O–H groups in total. The summed E-state index contributed by atoms with van der Waals surface area (Å²) in [5, 5.41) is 10.6. The van der Waals surface area contributed by atoms with Crippen molar-refractivity contribution in [2.75, 3.05) is 15.4 Å². The van der Waals surface area contributed by atoms with Gasteiger partial charge in [0, 0.05) is 5.69 Å². The lowest BCUT2D eigenvalue weighted by Gasteiger charge is -2.42. The summed E-state index contributed by atoms with van der Waals surface area (Å²) in [5.41, 5.74) is -1.85. The summed E-state index contributed by atoms with van der Waals surface area (Å²) >= 11 is 0. The molecule has 0 amide bonds. The van der Waals surface area contributed by atoms with Crippen molar-refractivity contribution in [3.05, 3.63) is 65.9 Å². The zero-order valence-corrected chi connectivity index (χ0v) is 18.1. The highest BCUT2D eigenvalue weighted by Gasteiger charge is 2.47. The molecule has 32 heavy (non-hydrogen) atoms. The molecular formula is C18H18F2N6O4S2. The standard InChI is InChI=1S/C18H18F2N6O4S2/c1-18(24-15-8-14-11(7-13(15)19)10-31(27,28)25-14)16(20)9-22-17(26(18)32(21,29)30)23-12-5-3-2-4-6-12/h2-9,24-25H,10H2,1H3,(H,22,23)(H2,21,29,30). The van der Waals surface area contributed by atoms with Crippen molar-refractivity contribution >= 4 is 43.3 Å². The number of aliphatic imine (C=N–C) groups is 1. The fourth-order valence-electron chi connectivity index (χ4n) is 3.42. The predicted molar refractivity (Wildman–Crippen MR) is 116 cm³/mol. The van der Waals surface area contributed by atoms with E-state index in [0.717, 1.165) is 25.3 Å². The second-order valence-corrected chi connectivity index (χ2v) is 10.4. The van der Waals surface area contributed by atoms with E-state index >= 15 is 4.39 Å². The zero-order valence-electron chi connectivity index (χ0n) is 16.5. The lowest BCUT2D eigenvalue weighted by atomic mass is 10.1. The van der Waals surface area contributed by atoms with Crippen LogP contribution in [0, 0.1) is 5.82 Å². The minimum Gasteiger partial charge on any atom is -0.354 e. The van der Waals surface area contributed by atoms with Gasteiger partial charge in [-0.1, -0.05) is 18.2 Å². The van der Waals surface area contributed by atoms with Crippen molar-refractivity contribution < 1.29 is 25.6 Å². The summed E-state index contributed by atoms with van der Waals surface area (Å²) < 4.78 is 80.9. The van der Waals surface area contributed by atoms with Crippen LogP contribution in [0.1, 0.15) is 12.5 Å².